The summed E-state index contributed by atoms with van der Waals surface area (Å²) in [6, 6.07) is 0. The van der Waals surface area contributed by atoms with Crippen LogP contribution in [0, 0.1) is 11.8 Å². The zero-order valence-corrected chi connectivity index (χ0v) is 8.33. The van der Waals surface area contributed by atoms with Crippen molar-refractivity contribution in [1.82, 2.24) is 5.32 Å². The molecule has 0 aromatic rings. The fourth-order valence-corrected chi connectivity index (χ4v) is 2.79. The molecular weight excluding hydrogens is 166 g/mol. The van der Waals surface area contributed by atoms with Gasteiger partial charge in [0, 0.05) is 18.0 Å². The molecule has 76 valence electrons. The second-order valence-corrected chi connectivity index (χ2v) is 4.86. The summed E-state index contributed by atoms with van der Waals surface area (Å²) in [5, 5.41) is 22.8. The summed E-state index contributed by atoms with van der Waals surface area (Å²) < 4.78 is 0. The van der Waals surface area contributed by atoms with Crippen molar-refractivity contribution in [3.63, 3.8) is 0 Å². The average molecular weight is 185 g/mol. The van der Waals surface area contributed by atoms with Crippen LogP contribution in [0.15, 0.2) is 0 Å². The Bertz CT molecular complexity index is 201. The van der Waals surface area contributed by atoms with Crippen molar-refractivity contribution in [2.45, 2.75) is 44.4 Å². The van der Waals surface area contributed by atoms with Gasteiger partial charge in [-0.3, -0.25) is 0 Å². The van der Waals surface area contributed by atoms with Crippen LogP contribution < -0.4 is 5.32 Å². The normalized spacial score (nSPS) is 42.7. The number of piperidine rings is 1. The van der Waals surface area contributed by atoms with E-state index in [4.69, 9.17) is 0 Å². The molecule has 1 saturated carbocycles. The van der Waals surface area contributed by atoms with Crippen molar-refractivity contribution in [3.8, 4) is 0 Å². The van der Waals surface area contributed by atoms with E-state index in [9.17, 15) is 10.2 Å². The molecule has 3 N–H and O–H groups in total. The van der Waals surface area contributed by atoms with E-state index in [0.717, 1.165) is 12.8 Å². The Kier molecular flexibility index (Phi) is 2.13. The molecule has 3 nitrogen and oxygen atoms in total. The van der Waals surface area contributed by atoms with E-state index in [1.54, 1.807) is 0 Å². The van der Waals surface area contributed by atoms with Gasteiger partial charge in [0.1, 0.15) is 0 Å². The van der Waals surface area contributed by atoms with Gasteiger partial charge in [-0.2, -0.15) is 0 Å². The number of β-amino-alcohol motifs (C(OH)–C–C–N with tert-alkyl or cyclic N) is 1. The van der Waals surface area contributed by atoms with Gasteiger partial charge < -0.3 is 15.5 Å². The third-order valence-corrected chi connectivity index (χ3v) is 3.57. The van der Waals surface area contributed by atoms with Crippen molar-refractivity contribution < 1.29 is 10.2 Å². The summed E-state index contributed by atoms with van der Waals surface area (Å²) in [7, 11) is 0. The lowest BCUT2D eigenvalue weighted by atomic mass is 9.77. The van der Waals surface area contributed by atoms with Crippen molar-refractivity contribution >= 4 is 0 Å². The van der Waals surface area contributed by atoms with Gasteiger partial charge in [0.15, 0.2) is 0 Å². The minimum atomic E-state index is -0.585. The maximum Gasteiger partial charge on any atom is 0.0926 e. The number of rotatable bonds is 1. The van der Waals surface area contributed by atoms with Crippen LogP contribution in [0.25, 0.3) is 0 Å². The molecule has 2 aliphatic rings. The van der Waals surface area contributed by atoms with Gasteiger partial charge in [-0.25, -0.2) is 0 Å². The smallest absolute Gasteiger partial charge is 0.0926 e. The first-order valence-electron chi connectivity index (χ1n) is 5.18. The average Bonchev–Trinajstić information content (AvgIpc) is 2.79. The molecule has 3 atom stereocenters. The third kappa shape index (κ3) is 1.39. The highest BCUT2D eigenvalue weighted by Gasteiger charge is 2.56. The zero-order valence-electron chi connectivity index (χ0n) is 8.33. The Morgan fingerprint density at radius 3 is 2.38 bits per heavy atom. The second-order valence-electron chi connectivity index (χ2n) is 4.86. The number of hydrogen-bond donors (Lipinski definition) is 3. The van der Waals surface area contributed by atoms with Gasteiger partial charge in [-0.15, -0.1) is 0 Å². The third-order valence-electron chi connectivity index (χ3n) is 3.57. The standard InChI is InChI=1S/C10H19NO2/c1-6(2)8-9(13)7(12)5-11-10(8)3-4-10/h6-9,11-13H,3-5H2,1-2H3/t7-,8?,9+/m1/s1. The molecular formula is C10H19NO2. The summed E-state index contributed by atoms with van der Waals surface area (Å²) in [5.74, 6) is 0.649. The van der Waals surface area contributed by atoms with Gasteiger partial charge in [-0.1, -0.05) is 13.8 Å². The fraction of sp³-hybridized carbons (Fsp3) is 1.00. The highest BCUT2D eigenvalue weighted by atomic mass is 16.3. The molecule has 3 heteroatoms. The first-order valence-corrected chi connectivity index (χ1v) is 5.18. The zero-order chi connectivity index (χ0) is 9.64. The lowest BCUT2D eigenvalue weighted by molar-refractivity contribution is -0.0715. The Morgan fingerprint density at radius 2 is 1.92 bits per heavy atom. The molecule has 1 saturated heterocycles. The monoisotopic (exact) mass is 185 g/mol. The second kappa shape index (κ2) is 2.94. The minimum absolute atomic E-state index is 0.160. The molecule has 2 rings (SSSR count). The van der Waals surface area contributed by atoms with E-state index in [1.165, 1.54) is 0 Å². The predicted molar refractivity (Wildman–Crippen MR) is 50.3 cm³/mol. The van der Waals surface area contributed by atoms with Crippen molar-refractivity contribution in [2.24, 2.45) is 11.8 Å². The molecule has 0 aromatic carbocycles. The molecule has 1 aliphatic heterocycles. The van der Waals surface area contributed by atoms with E-state index in [-0.39, 0.29) is 11.5 Å². The Balaban J connectivity index is 2.16. The van der Waals surface area contributed by atoms with Crippen LogP contribution in [0.3, 0.4) is 0 Å². The first kappa shape index (κ1) is 9.44. The number of nitrogens with one attached hydrogen (secondary N) is 1. The fourth-order valence-electron chi connectivity index (χ4n) is 2.79. The highest BCUT2D eigenvalue weighted by Crippen LogP contribution is 2.49. The van der Waals surface area contributed by atoms with Crippen LogP contribution in [0.5, 0.6) is 0 Å². The molecule has 1 aliphatic carbocycles. The number of hydrogen-bond acceptors (Lipinski definition) is 3. The number of aliphatic hydroxyl groups excluding tert-OH is 2. The van der Waals surface area contributed by atoms with Gasteiger partial charge in [0.2, 0.25) is 0 Å². The summed E-state index contributed by atoms with van der Waals surface area (Å²) >= 11 is 0. The molecule has 0 radical (unpaired) electrons. The molecule has 1 heterocycles. The van der Waals surface area contributed by atoms with Crippen molar-refractivity contribution in [2.75, 3.05) is 6.54 Å². The van der Waals surface area contributed by atoms with Gasteiger partial charge >= 0.3 is 0 Å². The van der Waals surface area contributed by atoms with Crippen LogP contribution in [-0.2, 0) is 0 Å². The van der Waals surface area contributed by atoms with E-state index in [0.29, 0.717) is 12.5 Å². The molecule has 0 bridgehead atoms. The number of aliphatic hydroxyl groups is 2. The molecule has 1 spiro atoms. The van der Waals surface area contributed by atoms with E-state index < -0.39 is 12.2 Å². The molecule has 2 fully saturated rings. The van der Waals surface area contributed by atoms with Crippen molar-refractivity contribution in [3.05, 3.63) is 0 Å². The SMILES string of the molecule is CC(C)C1[C@@H](O)[C@H](O)CNC12CC2. The summed E-state index contributed by atoms with van der Waals surface area (Å²) in [5.41, 5.74) is 0.160. The Hall–Kier alpha value is -0.120. The Morgan fingerprint density at radius 1 is 1.31 bits per heavy atom. The maximum absolute atomic E-state index is 9.89. The Labute approximate surface area is 79.2 Å². The molecule has 1 unspecified atom stereocenters. The first-order chi connectivity index (χ1) is 6.07. The summed E-state index contributed by atoms with van der Waals surface area (Å²) in [6.45, 7) is 4.78. The van der Waals surface area contributed by atoms with E-state index in [1.807, 2.05) is 0 Å². The van der Waals surface area contributed by atoms with E-state index in [2.05, 4.69) is 19.2 Å². The van der Waals surface area contributed by atoms with Gasteiger partial charge in [-0.05, 0) is 18.8 Å². The van der Waals surface area contributed by atoms with Crippen LogP contribution in [0.4, 0.5) is 0 Å². The van der Waals surface area contributed by atoms with Crippen LogP contribution in [0.2, 0.25) is 0 Å². The van der Waals surface area contributed by atoms with Crippen molar-refractivity contribution in [1.29, 1.82) is 0 Å². The van der Waals surface area contributed by atoms with Crippen LogP contribution in [0.1, 0.15) is 26.7 Å². The predicted octanol–water partition coefficient (Wildman–Crippen LogP) is 0.116. The summed E-state index contributed by atoms with van der Waals surface area (Å²) in [6.07, 6.45) is 1.18. The molecule has 0 amide bonds. The van der Waals surface area contributed by atoms with E-state index >= 15 is 0 Å². The van der Waals surface area contributed by atoms with Gasteiger partial charge in [0.25, 0.3) is 0 Å². The topological polar surface area (TPSA) is 52.5 Å². The molecule has 0 aromatic heterocycles. The van der Waals surface area contributed by atoms with Crippen LogP contribution >= 0.6 is 0 Å². The lowest BCUT2D eigenvalue weighted by Gasteiger charge is -2.42. The molecule has 13 heavy (non-hydrogen) atoms. The maximum atomic E-state index is 9.89. The van der Waals surface area contributed by atoms with Gasteiger partial charge in [0.05, 0.1) is 12.2 Å². The quantitative estimate of drug-likeness (QED) is 0.544. The largest absolute Gasteiger partial charge is 0.390 e. The summed E-state index contributed by atoms with van der Waals surface area (Å²) in [4.78, 5) is 0. The minimum Gasteiger partial charge on any atom is -0.390 e. The highest BCUT2D eigenvalue weighted by molar-refractivity contribution is 5.13. The van der Waals surface area contributed by atoms with Crippen LogP contribution in [-0.4, -0.2) is 34.5 Å². The lowest BCUT2D eigenvalue weighted by Crippen LogP contribution is -2.59.